The lowest BCUT2D eigenvalue weighted by Gasteiger charge is -2.31. The van der Waals surface area contributed by atoms with Crippen molar-refractivity contribution < 1.29 is 22.7 Å². The molecular formula is C33H39FN4O4S. The van der Waals surface area contributed by atoms with E-state index in [2.05, 4.69) is 11.0 Å². The lowest BCUT2D eigenvalue weighted by molar-refractivity contribution is -0.125. The molecule has 2 aliphatic rings. The highest BCUT2D eigenvalue weighted by Crippen LogP contribution is 2.44. The maximum atomic E-state index is 13.8. The number of anilines is 1. The number of aliphatic hydroxyl groups excluding tert-OH is 1. The standard InChI is InChI=1S/C33H39FN4O4S/c1-22(2)24(20-35)19-31(40)28-5-3-4-6-29(28)33-32(30(21-39)38(36-33)27-13-9-25(34)10-14-27)23-7-11-26(12-8-23)37-15-17-43(41,42)18-16-37/h7-14,22,24,28-29,39H,3-6,15-19,21H2,1-2H3/t24-,28-,29-/m1/s1. The Kier molecular flexibility index (Phi) is 9.33. The van der Waals surface area contributed by atoms with Gasteiger partial charge in [-0.15, -0.1) is 0 Å². The van der Waals surface area contributed by atoms with E-state index < -0.39 is 9.84 Å². The first-order chi connectivity index (χ1) is 20.6. The molecule has 2 heterocycles. The number of benzene rings is 2. The predicted octanol–water partition coefficient (Wildman–Crippen LogP) is 5.43. The van der Waals surface area contributed by atoms with Gasteiger partial charge in [-0.3, -0.25) is 4.79 Å². The first kappa shape index (κ1) is 30.9. The van der Waals surface area contributed by atoms with Gasteiger partial charge in [-0.05, 0) is 60.7 Å². The molecule has 2 fully saturated rings. The van der Waals surface area contributed by atoms with E-state index >= 15 is 0 Å². The fraction of sp³-hybridized carbons (Fsp3) is 0.485. The quantitative estimate of drug-likeness (QED) is 0.345. The third-order valence-corrected chi connectivity index (χ3v) is 10.6. The second-order valence-corrected chi connectivity index (χ2v) is 14.4. The zero-order chi connectivity index (χ0) is 30.7. The number of carbonyl (C=O) groups is 1. The van der Waals surface area contributed by atoms with E-state index in [0.717, 1.165) is 41.8 Å². The summed E-state index contributed by atoms with van der Waals surface area (Å²) < 4.78 is 39.3. The average Bonchev–Trinajstić information content (AvgIpc) is 3.39. The van der Waals surface area contributed by atoms with Crippen LogP contribution in [-0.4, -0.2) is 53.7 Å². The Morgan fingerprint density at radius 1 is 1.05 bits per heavy atom. The van der Waals surface area contributed by atoms with Crippen LogP contribution in [0.4, 0.5) is 10.1 Å². The first-order valence-corrected chi connectivity index (χ1v) is 16.9. The highest BCUT2D eigenvalue weighted by molar-refractivity contribution is 7.91. The van der Waals surface area contributed by atoms with E-state index in [0.29, 0.717) is 30.9 Å². The number of Topliss-reactive ketones (excluding diaryl/α,β-unsaturated/α-hetero) is 1. The highest BCUT2D eigenvalue weighted by atomic mass is 32.2. The molecular weight excluding hydrogens is 567 g/mol. The fourth-order valence-electron chi connectivity index (χ4n) is 6.44. The predicted molar refractivity (Wildman–Crippen MR) is 164 cm³/mol. The molecule has 2 aromatic carbocycles. The molecule has 1 saturated carbocycles. The Bertz CT molecular complexity index is 1580. The Labute approximate surface area is 253 Å². The Hall–Kier alpha value is -3.55. The molecule has 10 heteroatoms. The second kappa shape index (κ2) is 13.0. The summed E-state index contributed by atoms with van der Waals surface area (Å²) in [5, 5.41) is 25.4. The van der Waals surface area contributed by atoms with Crippen LogP contribution >= 0.6 is 0 Å². The zero-order valence-electron chi connectivity index (χ0n) is 24.7. The number of hydrogen-bond acceptors (Lipinski definition) is 7. The average molecular weight is 607 g/mol. The molecule has 1 N–H and O–H groups in total. The SMILES string of the molecule is CC(C)[C@@H](C#N)CC(=O)[C@@H]1CCCC[C@H]1c1nn(-c2ccc(F)cc2)c(CO)c1-c1ccc(N2CCS(=O)(=O)CC2)cc1. The molecule has 1 aliphatic heterocycles. The number of rotatable bonds is 9. The number of nitriles is 1. The van der Waals surface area contributed by atoms with Crippen LogP contribution in [0.1, 0.15) is 63.3 Å². The van der Waals surface area contributed by atoms with Crippen molar-refractivity contribution in [2.75, 3.05) is 29.5 Å². The smallest absolute Gasteiger partial charge is 0.153 e. The van der Waals surface area contributed by atoms with Gasteiger partial charge in [-0.25, -0.2) is 17.5 Å². The summed E-state index contributed by atoms with van der Waals surface area (Å²) in [7, 11) is -3.00. The van der Waals surface area contributed by atoms with Crippen LogP contribution in [0.15, 0.2) is 48.5 Å². The lowest BCUT2D eigenvalue weighted by Crippen LogP contribution is -2.40. The summed E-state index contributed by atoms with van der Waals surface area (Å²) in [5.74, 6) is -0.815. The van der Waals surface area contributed by atoms with Crippen molar-refractivity contribution in [1.82, 2.24) is 9.78 Å². The molecule has 5 rings (SSSR count). The summed E-state index contributed by atoms with van der Waals surface area (Å²) in [6.45, 7) is 4.47. The number of ketones is 1. The molecule has 1 saturated heterocycles. The van der Waals surface area contributed by atoms with Crippen molar-refractivity contribution in [3.05, 3.63) is 65.7 Å². The molecule has 3 atom stereocenters. The summed E-state index contributed by atoms with van der Waals surface area (Å²) in [6.07, 6.45) is 3.54. The minimum atomic E-state index is -3.00. The van der Waals surface area contributed by atoms with Crippen molar-refractivity contribution in [3.8, 4) is 22.9 Å². The fourth-order valence-corrected chi connectivity index (χ4v) is 7.64. The monoisotopic (exact) mass is 606 g/mol. The van der Waals surface area contributed by atoms with E-state index in [1.807, 2.05) is 38.1 Å². The molecule has 3 aromatic rings. The third kappa shape index (κ3) is 6.68. The number of sulfone groups is 1. The number of carbonyl (C=O) groups excluding carboxylic acids is 1. The van der Waals surface area contributed by atoms with Crippen LogP contribution in [-0.2, 0) is 21.2 Å². The van der Waals surface area contributed by atoms with Crippen LogP contribution in [0.5, 0.6) is 0 Å². The molecule has 1 aromatic heterocycles. The van der Waals surface area contributed by atoms with Crippen molar-refractivity contribution in [1.29, 1.82) is 5.26 Å². The highest BCUT2D eigenvalue weighted by Gasteiger charge is 2.37. The van der Waals surface area contributed by atoms with Gasteiger partial charge in [-0.2, -0.15) is 10.4 Å². The van der Waals surface area contributed by atoms with Crippen molar-refractivity contribution >= 4 is 21.3 Å². The summed E-state index contributed by atoms with van der Waals surface area (Å²) in [4.78, 5) is 15.8. The molecule has 0 radical (unpaired) electrons. The second-order valence-electron chi connectivity index (χ2n) is 12.1. The van der Waals surface area contributed by atoms with Crippen LogP contribution in [0.25, 0.3) is 16.8 Å². The Balaban J connectivity index is 1.57. The van der Waals surface area contributed by atoms with Gasteiger partial charge in [-0.1, -0.05) is 38.8 Å². The van der Waals surface area contributed by atoms with Crippen molar-refractivity contribution in [2.24, 2.45) is 17.8 Å². The van der Waals surface area contributed by atoms with E-state index in [-0.39, 0.29) is 59.8 Å². The number of hydrogen-bond donors (Lipinski definition) is 1. The van der Waals surface area contributed by atoms with Crippen LogP contribution in [0, 0.1) is 34.9 Å². The minimum absolute atomic E-state index is 0.0729. The molecule has 0 amide bonds. The van der Waals surface area contributed by atoms with Gasteiger partial charge >= 0.3 is 0 Å². The van der Waals surface area contributed by atoms with E-state index in [9.17, 15) is 28.0 Å². The normalized spacial score (nSPS) is 21.0. The number of nitrogens with zero attached hydrogens (tertiary/aromatic N) is 4. The maximum Gasteiger partial charge on any atom is 0.153 e. The van der Waals surface area contributed by atoms with Gasteiger partial charge in [0.15, 0.2) is 9.84 Å². The molecule has 0 bridgehead atoms. The van der Waals surface area contributed by atoms with Gasteiger partial charge in [0.2, 0.25) is 0 Å². The summed E-state index contributed by atoms with van der Waals surface area (Å²) in [5.41, 5.74) is 4.37. The largest absolute Gasteiger partial charge is 0.390 e. The molecule has 1 aliphatic carbocycles. The van der Waals surface area contributed by atoms with Gasteiger partial charge in [0.05, 0.1) is 47.2 Å². The molecule has 43 heavy (non-hydrogen) atoms. The molecule has 0 spiro atoms. The first-order valence-electron chi connectivity index (χ1n) is 15.1. The minimum Gasteiger partial charge on any atom is -0.390 e. The van der Waals surface area contributed by atoms with Crippen LogP contribution in [0.3, 0.4) is 0 Å². The van der Waals surface area contributed by atoms with Gasteiger partial charge in [0.25, 0.3) is 0 Å². The van der Waals surface area contributed by atoms with Gasteiger partial charge < -0.3 is 10.0 Å². The molecule has 228 valence electrons. The third-order valence-electron chi connectivity index (χ3n) is 9.02. The lowest BCUT2D eigenvalue weighted by atomic mass is 9.72. The van der Waals surface area contributed by atoms with E-state index in [1.165, 1.54) is 12.1 Å². The Morgan fingerprint density at radius 3 is 2.28 bits per heavy atom. The number of halogens is 1. The topological polar surface area (TPSA) is 116 Å². The van der Waals surface area contributed by atoms with E-state index in [4.69, 9.17) is 5.10 Å². The summed E-state index contributed by atoms with van der Waals surface area (Å²) >= 11 is 0. The van der Waals surface area contributed by atoms with Gasteiger partial charge in [0.1, 0.15) is 11.6 Å². The maximum absolute atomic E-state index is 13.8. The number of aromatic nitrogens is 2. The van der Waals surface area contributed by atoms with Crippen LogP contribution < -0.4 is 4.90 Å². The summed E-state index contributed by atoms with van der Waals surface area (Å²) in [6, 6.07) is 16.1. The van der Waals surface area contributed by atoms with Gasteiger partial charge in [0, 0.05) is 42.6 Å². The number of aliphatic hydroxyl groups is 1. The van der Waals surface area contributed by atoms with Crippen LogP contribution in [0.2, 0.25) is 0 Å². The zero-order valence-corrected chi connectivity index (χ0v) is 25.6. The van der Waals surface area contributed by atoms with E-state index in [1.54, 1.807) is 16.8 Å². The molecule has 8 nitrogen and oxygen atoms in total. The van der Waals surface area contributed by atoms with Crippen molar-refractivity contribution in [2.45, 2.75) is 58.5 Å². The van der Waals surface area contributed by atoms with Crippen molar-refractivity contribution in [3.63, 3.8) is 0 Å². The Morgan fingerprint density at radius 2 is 1.67 bits per heavy atom. The molecule has 0 unspecified atom stereocenters.